The van der Waals surface area contributed by atoms with Crippen LogP contribution in [0.25, 0.3) is 6.08 Å². The molecule has 32 heavy (non-hydrogen) atoms. The van der Waals surface area contributed by atoms with E-state index in [9.17, 15) is 4.79 Å². The van der Waals surface area contributed by atoms with Gasteiger partial charge in [-0.25, -0.2) is 0 Å². The molecule has 1 N–H and O–H groups in total. The van der Waals surface area contributed by atoms with Crippen molar-refractivity contribution < 1.29 is 23.7 Å². The molecule has 1 aliphatic rings. The van der Waals surface area contributed by atoms with Crippen LogP contribution in [-0.2, 0) is 11.4 Å². The lowest BCUT2D eigenvalue weighted by Crippen LogP contribution is -2.16. The second kappa shape index (κ2) is 10.2. The molecule has 7 heteroatoms. The molecule has 0 atom stereocenters. The van der Waals surface area contributed by atoms with Crippen LogP contribution in [0.4, 0.5) is 5.69 Å². The highest BCUT2D eigenvalue weighted by molar-refractivity contribution is 9.10. The third-order valence-corrected chi connectivity index (χ3v) is 5.28. The first kappa shape index (κ1) is 21.8. The van der Waals surface area contributed by atoms with Gasteiger partial charge in [-0.05, 0) is 60.2 Å². The summed E-state index contributed by atoms with van der Waals surface area (Å²) in [7, 11) is 1.62. The number of carbonyl (C=O) groups excluding carboxylic acids is 1. The van der Waals surface area contributed by atoms with Gasteiger partial charge in [0, 0.05) is 27.9 Å². The number of nitrogens with one attached hydrogen (secondary N) is 1. The first-order chi connectivity index (χ1) is 15.6. The number of hydrogen-bond acceptors (Lipinski definition) is 5. The zero-order valence-electron chi connectivity index (χ0n) is 17.5. The van der Waals surface area contributed by atoms with Gasteiger partial charge in [0.05, 0.1) is 7.11 Å². The minimum absolute atomic E-state index is 0.245. The van der Waals surface area contributed by atoms with Gasteiger partial charge in [0.1, 0.15) is 31.3 Å². The van der Waals surface area contributed by atoms with Crippen LogP contribution in [0.1, 0.15) is 11.1 Å². The molecule has 3 aromatic rings. The van der Waals surface area contributed by atoms with Crippen LogP contribution in [0.5, 0.6) is 23.0 Å². The van der Waals surface area contributed by atoms with Crippen molar-refractivity contribution in [3.05, 3.63) is 82.3 Å². The van der Waals surface area contributed by atoms with Crippen LogP contribution >= 0.6 is 15.9 Å². The van der Waals surface area contributed by atoms with Crippen LogP contribution in [0.2, 0.25) is 0 Å². The summed E-state index contributed by atoms with van der Waals surface area (Å²) in [6.07, 6.45) is 3.23. The van der Waals surface area contributed by atoms with Gasteiger partial charge in [-0.3, -0.25) is 4.79 Å². The van der Waals surface area contributed by atoms with Crippen molar-refractivity contribution in [1.82, 2.24) is 0 Å². The topological polar surface area (TPSA) is 66.0 Å². The van der Waals surface area contributed by atoms with E-state index in [4.69, 9.17) is 18.9 Å². The first-order valence-corrected chi connectivity index (χ1v) is 10.8. The number of rotatable bonds is 7. The molecule has 0 fully saturated rings. The zero-order valence-corrected chi connectivity index (χ0v) is 19.1. The van der Waals surface area contributed by atoms with Gasteiger partial charge in [-0.15, -0.1) is 0 Å². The largest absolute Gasteiger partial charge is 0.496 e. The predicted molar refractivity (Wildman–Crippen MR) is 127 cm³/mol. The highest BCUT2D eigenvalue weighted by atomic mass is 79.9. The summed E-state index contributed by atoms with van der Waals surface area (Å²) in [6.45, 7) is 1.37. The minimum Gasteiger partial charge on any atom is -0.496 e. The number of amides is 1. The van der Waals surface area contributed by atoms with Crippen molar-refractivity contribution in [1.29, 1.82) is 0 Å². The Bertz CT molecular complexity index is 1130. The Morgan fingerprint density at radius 1 is 1.03 bits per heavy atom. The Morgan fingerprint density at radius 3 is 2.59 bits per heavy atom. The van der Waals surface area contributed by atoms with Crippen molar-refractivity contribution in [2.24, 2.45) is 0 Å². The molecule has 3 aromatic carbocycles. The van der Waals surface area contributed by atoms with E-state index >= 15 is 0 Å². The van der Waals surface area contributed by atoms with Crippen LogP contribution in [0.3, 0.4) is 0 Å². The smallest absolute Gasteiger partial charge is 0.248 e. The summed E-state index contributed by atoms with van der Waals surface area (Å²) >= 11 is 3.41. The van der Waals surface area contributed by atoms with Gasteiger partial charge in [0.2, 0.25) is 5.91 Å². The molecule has 6 nitrogen and oxygen atoms in total. The number of ether oxygens (including phenoxy) is 4. The molecule has 0 saturated carbocycles. The average molecular weight is 496 g/mol. The predicted octanol–water partition coefficient (Wildman–Crippen LogP) is 5.46. The molecule has 4 rings (SSSR count). The van der Waals surface area contributed by atoms with E-state index in [0.29, 0.717) is 37.0 Å². The Hall–Kier alpha value is -3.45. The molecule has 0 spiro atoms. The molecular formula is C25H22BrNO5. The molecule has 0 aliphatic carbocycles. The molecule has 1 heterocycles. The van der Waals surface area contributed by atoms with E-state index in [2.05, 4.69) is 21.2 Å². The lowest BCUT2D eigenvalue weighted by Gasteiger charge is -2.18. The van der Waals surface area contributed by atoms with Crippen molar-refractivity contribution in [3.63, 3.8) is 0 Å². The number of carbonyl (C=O) groups is 1. The molecular weight excluding hydrogens is 474 g/mol. The van der Waals surface area contributed by atoms with Crippen LogP contribution < -0.4 is 24.3 Å². The second-order valence-electron chi connectivity index (χ2n) is 6.99. The Balaban J connectivity index is 1.41. The second-order valence-corrected chi connectivity index (χ2v) is 7.91. The summed E-state index contributed by atoms with van der Waals surface area (Å²) in [5.41, 5.74) is 2.38. The highest BCUT2D eigenvalue weighted by Gasteiger charge is 2.12. The summed E-state index contributed by atoms with van der Waals surface area (Å²) in [5, 5.41) is 2.84. The van der Waals surface area contributed by atoms with E-state index in [1.807, 2.05) is 42.5 Å². The fraction of sp³-hybridized carbons (Fsp3) is 0.160. The normalized spacial score (nSPS) is 12.4. The summed E-state index contributed by atoms with van der Waals surface area (Å²) < 4.78 is 23.4. The molecule has 0 bridgehead atoms. The van der Waals surface area contributed by atoms with Gasteiger partial charge < -0.3 is 24.3 Å². The van der Waals surface area contributed by atoms with Gasteiger partial charge in [0.25, 0.3) is 0 Å². The molecule has 1 aliphatic heterocycles. The zero-order chi connectivity index (χ0) is 22.3. The molecule has 1 amide bonds. The Kier molecular flexibility index (Phi) is 6.97. The number of halogens is 1. The maximum atomic E-state index is 12.4. The molecule has 0 radical (unpaired) electrons. The summed E-state index contributed by atoms with van der Waals surface area (Å²) in [6, 6.07) is 18.6. The van der Waals surface area contributed by atoms with E-state index in [1.165, 1.54) is 6.08 Å². The Morgan fingerprint density at radius 2 is 1.81 bits per heavy atom. The maximum absolute atomic E-state index is 12.4. The van der Waals surface area contributed by atoms with E-state index in [0.717, 1.165) is 27.1 Å². The van der Waals surface area contributed by atoms with Crippen LogP contribution in [0, 0.1) is 0 Å². The third kappa shape index (κ3) is 5.62. The summed E-state index contributed by atoms with van der Waals surface area (Å²) in [4.78, 5) is 12.4. The lowest BCUT2D eigenvalue weighted by molar-refractivity contribution is -0.111. The maximum Gasteiger partial charge on any atom is 0.248 e. The van der Waals surface area contributed by atoms with Crippen molar-refractivity contribution in [2.45, 2.75) is 6.61 Å². The number of fused-ring (bicyclic) bond motifs is 1. The van der Waals surface area contributed by atoms with E-state index < -0.39 is 0 Å². The first-order valence-electron chi connectivity index (χ1n) is 10.0. The number of benzene rings is 3. The average Bonchev–Trinajstić information content (AvgIpc) is 2.82. The van der Waals surface area contributed by atoms with E-state index in [-0.39, 0.29) is 5.91 Å². The number of methoxy groups -OCH3 is 1. The quantitative estimate of drug-likeness (QED) is 0.440. The fourth-order valence-corrected chi connectivity index (χ4v) is 3.45. The standard InChI is InChI=1S/C25H22BrNO5/c1-29-22-9-2-17(14-18(22)16-32-21-7-4-19(26)5-8-21)3-11-25(28)27-20-6-10-23-24(15-20)31-13-12-30-23/h2-11,14-15H,12-13,16H2,1H3,(H,27,28)/b11-3+. The van der Waals surface area contributed by atoms with Gasteiger partial charge in [-0.2, -0.15) is 0 Å². The SMILES string of the molecule is COc1ccc(/C=C/C(=O)Nc2ccc3c(c2)OCCO3)cc1COc1ccc(Br)cc1. The van der Waals surface area contributed by atoms with Gasteiger partial charge in [0.15, 0.2) is 11.5 Å². The van der Waals surface area contributed by atoms with Crippen molar-refractivity contribution in [2.75, 3.05) is 25.6 Å². The highest BCUT2D eigenvalue weighted by Crippen LogP contribution is 2.32. The van der Waals surface area contributed by atoms with Crippen LogP contribution in [-0.4, -0.2) is 26.2 Å². The fourth-order valence-electron chi connectivity index (χ4n) is 3.18. The van der Waals surface area contributed by atoms with Crippen LogP contribution in [0.15, 0.2) is 71.2 Å². The molecule has 0 unspecified atom stereocenters. The molecule has 0 aromatic heterocycles. The number of anilines is 1. The Labute approximate surface area is 194 Å². The third-order valence-electron chi connectivity index (χ3n) is 4.75. The molecule has 164 valence electrons. The monoisotopic (exact) mass is 495 g/mol. The summed E-state index contributed by atoms with van der Waals surface area (Å²) in [5.74, 6) is 2.55. The van der Waals surface area contributed by atoms with Gasteiger partial charge >= 0.3 is 0 Å². The van der Waals surface area contributed by atoms with Crippen molar-refractivity contribution in [3.8, 4) is 23.0 Å². The van der Waals surface area contributed by atoms with Gasteiger partial charge in [-0.1, -0.05) is 22.0 Å². The van der Waals surface area contributed by atoms with E-state index in [1.54, 1.807) is 31.4 Å². The lowest BCUT2D eigenvalue weighted by atomic mass is 10.1. The minimum atomic E-state index is -0.245. The van der Waals surface area contributed by atoms with Crippen molar-refractivity contribution >= 4 is 33.6 Å². The number of hydrogen-bond donors (Lipinski definition) is 1. The molecule has 0 saturated heterocycles.